The Labute approximate surface area is 171 Å². The highest BCUT2D eigenvalue weighted by molar-refractivity contribution is 6.04. The Morgan fingerprint density at radius 3 is 2.63 bits per heavy atom. The molecule has 150 valence electrons. The zero-order valence-corrected chi connectivity index (χ0v) is 16.2. The normalized spacial score (nSPS) is 10.6. The zero-order chi connectivity index (χ0) is 21.1. The number of hydrogen-bond donors (Lipinski definition) is 1. The third kappa shape index (κ3) is 3.75. The third-order valence-corrected chi connectivity index (χ3v) is 4.52. The van der Waals surface area contributed by atoms with Crippen molar-refractivity contribution in [3.05, 3.63) is 78.4 Å². The first-order chi connectivity index (χ1) is 14.6. The second-order valence-corrected chi connectivity index (χ2v) is 6.47. The molecule has 0 saturated carbocycles. The molecule has 1 aromatic carbocycles. The van der Waals surface area contributed by atoms with Crippen LogP contribution < -0.4 is 10.1 Å². The summed E-state index contributed by atoms with van der Waals surface area (Å²) in [5.41, 5.74) is 3.33. The molecule has 1 N–H and O–H groups in total. The van der Waals surface area contributed by atoms with Gasteiger partial charge in [0, 0.05) is 17.3 Å². The molecule has 0 aliphatic carbocycles. The lowest BCUT2D eigenvalue weighted by atomic mass is 10.1. The maximum Gasteiger partial charge on any atom is 0.260 e. The Morgan fingerprint density at radius 2 is 1.97 bits per heavy atom. The van der Waals surface area contributed by atoms with Crippen molar-refractivity contribution in [1.29, 1.82) is 0 Å². The van der Waals surface area contributed by atoms with Gasteiger partial charge in [-0.2, -0.15) is 0 Å². The lowest BCUT2D eigenvalue weighted by molar-refractivity contribution is 0.102. The second kappa shape index (κ2) is 8.12. The van der Waals surface area contributed by atoms with E-state index in [4.69, 9.17) is 9.15 Å². The number of carbonyl (C=O) groups excluding carboxylic acids is 1. The highest BCUT2D eigenvalue weighted by Gasteiger charge is 2.16. The van der Waals surface area contributed by atoms with E-state index in [1.54, 1.807) is 37.8 Å². The van der Waals surface area contributed by atoms with Crippen LogP contribution in [0.5, 0.6) is 5.88 Å². The number of nitrogens with zero attached hydrogens (tertiary/aromatic N) is 3. The number of halogens is 1. The summed E-state index contributed by atoms with van der Waals surface area (Å²) in [6.45, 7) is 1.67. The largest absolute Gasteiger partial charge is 0.481 e. The van der Waals surface area contributed by atoms with Crippen molar-refractivity contribution in [3.63, 3.8) is 0 Å². The van der Waals surface area contributed by atoms with Crippen LogP contribution in [-0.2, 0) is 0 Å². The third-order valence-electron chi connectivity index (χ3n) is 4.52. The summed E-state index contributed by atoms with van der Waals surface area (Å²) in [7, 11) is 1.52. The molecular formula is C22H17FN4O3. The van der Waals surface area contributed by atoms with Gasteiger partial charge in [0.2, 0.25) is 5.88 Å². The van der Waals surface area contributed by atoms with E-state index in [2.05, 4.69) is 20.3 Å². The van der Waals surface area contributed by atoms with Crippen molar-refractivity contribution < 1.29 is 18.3 Å². The summed E-state index contributed by atoms with van der Waals surface area (Å²) in [6, 6.07) is 8.14. The van der Waals surface area contributed by atoms with Crippen molar-refractivity contribution in [2.45, 2.75) is 6.92 Å². The molecule has 0 unspecified atom stereocenters. The molecule has 8 heteroatoms. The van der Waals surface area contributed by atoms with Gasteiger partial charge in [-0.1, -0.05) is 12.1 Å². The molecule has 0 fully saturated rings. The molecule has 0 saturated heterocycles. The minimum atomic E-state index is -0.594. The minimum absolute atomic E-state index is 0.0259. The summed E-state index contributed by atoms with van der Waals surface area (Å²) >= 11 is 0. The SMILES string of the molecule is COc1ncc(-c2ccoc2)cc1-c1cnc(NC(=O)c2c(C)cccc2F)cn1. The molecule has 1 amide bonds. The number of ether oxygens (including phenoxy) is 1. The summed E-state index contributed by atoms with van der Waals surface area (Å²) in [5, 5.41) is 2.57. The van der Waals surface area contributed by atoms with E-state index in [1.807, 2.05) is 12.1 Å². The topological polar surface area (TPSA) is 90.1 Å². The van der Waals surface area contributed by atoms with E-state index in [-0.39, 0.29) is 11.4 Å². The number of benzene rings is 1. The average molecular weight is 404 g/mol. The first-order valence-electron chi connectivity index (χ1n) is 9.02. The number of hydrogen-bond acceptors (Lipinski definition) is 6. The lowest BCUT2D eigenvalue weighted by Gasteiger charge is -2.10. The Morgan fingerprint density at radius 1 is 1.10 bits per heavy atom. The van der Waals surface area contributed by atoms with Crippen LogP contribution in [0.3, 0.4) is 0 Å². The maximum atomic E-state index is 14.0. The molecule has 0 atom stereocenters. The number of amides is 1. The van der Waals surface area contributed by atoms with Gasteiger partial charge in [0.25, 0.3) is 5.91 Å². The summed E-state index contributed by atoms with van der Waals surface area (Å²) in [5.74, 6) is -0.600. The van der Waals surface area contributed by atoms with Gasteiger partial charge in [0.05, 0.1) is 48.9 Å². The number of carbonyl (C=O) groups is 1. The van der Waals surface area contributed by atoms with Gasteiger partial charge in [-0.05, 0) is 30.7 Å². The van der Waals surface area contributed by atoms with Crippen molar-refractivity contribution in [3.8, 4) is 28.3 Å². The molecule has 0 bridgehead atoms. The Bertz CT molecular complexity index is 1170. The monoisotopic (exact) mass is 404 g/mol. The number of pyridine rings is 1. The minimum Gasteiger partial charge on any atom is -0.481 e. The number of nitrogens with one attached hydrogen (secondary N) is 1. The number of rotatable bonds is 5. The van der Waals surface area contributed by atoms with Gasteiger partial charge in [0.15, 0.2) is 5.82 Å². The smallest absolute Gasteiger partial charge is 0.260 e. The number of anilines is 1. The van der Waals surface area contributed by atoms with E-state index in [1.165, 1.54) is 25.6 Å². The highest BCUT2D eigenvalue weighted by Crippen LogP contribution is 2.31. The predicted molar refractivity (Wildman–Crippen MR) is 109 cm³/mol. The van der Waals surface area contributed by atoms with E-state index in [0.717, 1.165) is 11.1 Å². The quantitative estimate of drug-likeness (QED) is 0.526. The van der Waals surface area contributed by atoms with Crippen LogP contribution in [0.4, 0.5) is 10.2 Å². The molecule has 0 radical (unpaired) electrons. The number of furan rings is 1. The molecule has 7 nitrogen and oxygen atoms in total. The standard InChI is InChI=1S/C22H17FN4O3/c1-13-4-3-5-17(23)20(13)21(28)27-19-11-24-18(10-25-19)16-8-15(9-26-22(16)29-2)14-6-7-30-12-14/h3-12H,1-2H3,(H,25,27,28). The number of methoxy groups -OCH3 is 1. The first-order valence-corrected chi connectivity index (χ1v) is 9.02. The van der Waals surface area contributed by atoms with Crippen LogP contribution >= 0.6 is 0 Å². The molecule has 0 aliphatic heterocycles. The Kier molecular flexibility index (Phi) is 5.21. The molecular weight excluding hydrogens is 387 g/mol. The fourth-order valence-electron chi connectivity index (χ4n) is 3.01. The van der Waals surface area contributed by atoms with Gasteiger partial charge < -0.3 is 14.5 Å². The maximum absolute atomic E-state index is 14.0. The van der Waals surface area contributed by atoms with Gasteiger partial charge >= 0.3 is 0 Å². The van der Waals surface area contributed by atoms with Crippen molar-refractivity contribution in [2.75, 3.05) is 12.4 Å². The van der Waals surface area contributed by atoms with Gasteiger partial charge in [-0.15, -0.1) is 0 Å². The van der Waals surface area contributed by atoms with E-state index >= 15 is 0 Å². The first kappa shape index (κ1) is 19.3. The van der Waals surface area contributed by atoms with Crippen LogP contribution in [0.2, 0.25) is 0 Å². The summed E-state index contributed by atoms with van der Waals surface area (Å²) in [4.78, 5) is 25.3. The second-order valence-electron chi connectivity index (χ2n) is 6.47. The molecule has 30 heavy (non-hydrogen) atoms. The lowest BCUT2D eigenvalue weighted by Crippen LogP contribution is -2.16. The highest BCUT2D eigenvalue weighted by atomic mass is 19.1. The number of aromatic nitrogens is 3. The molecule has 0 spiro atoms. The Balaban J connectivity index is 1.61. The molecule has 3 aromatic heterocycles. The number of aryl methyl sites for hydroxylation is 1. The van der Waals surface area contributed by atoms with Crippen molar-refractivity contribution in [2.24, 2.45) is 0 Å². The van der Waals surface area contributed by atoms with Crippen molar-refractivity contribution in [1.82, 2.24) is 15.0 Å². The predicted octanol–water partition coefficient (Wildman–Crippen LogP) is 4.51. The zero-order valence-electron chi connectivity index (χ0n) is 16.2. The van der Waals surface area contributed by atoms with Crippen LogP contribution in [0, 0.1) is 12.7 Å². The Hall–Kier alpha value is -4.07. The summed E-state index contributed by atoms with van der Waals surface area (Å²) < 4.78 is 24.5. The van der Waals surface area contributed by atoms with Crippen LogP contribution in [0.15, 0.2) is 65.9 Å². The van der Waals surface area contributed by atoms with Crippen molar-refractivity contribution >= 4 is 11.7 Å². The van der Waals surface area contributed by atoms with Crippen LogP contribution in [0.25, 0.3) is 22.4 Å². The fourth-order valence-corrected chi connectivity index (χ4v) is 3.01. The molecule has 4 aromatic rings. The van der Waals surface area contributed by atoms with Gasteiger partial charge in [-0.25, -0.2) is 14.4 Å². The molecule has 4 rings (SSSR count). The molecule has 3 heterocycles. The summed E-state index contributed by atoms with van der Waals surface area (Å²) in [6.07, 6.45) is 7.75. The molecule has 0 aliphatic rings. The van der Waals surface area contributed by atoms with Crippen LogP contribution in [-0.4, -0.2) is 28.0 Å². The van der Waals surface area contributed by atoms with Gasteiger partial charge in [-0.3, -0.25) is 9.78 Å². The van der Waals surface area contributed by atoms with E-state index in [9.17, 15) is 9.18 Å². The fraction of sp³-hybridized carbons (Fsp3) is 0.0909. The van der Waals surface area contributed by atoms with E-state index < -0.39 is 11.7 Å². The van der Waals surface area contributed by atoms with E-state index in [0.29, 0.717) is 22.7 Å². The average Bonchev–Trinajstić information content (AvgIpc) is 3.29. The van der Waals surface area contributed by atoms with Crippen LogP contribution in [0.1, 0.15) is 15.9 Å². The van der Waals surface area contributed by atoms with Gasteiger partial charge in [0.1, 0.15) is 5.82 Å².